The molecule has 1 N–H and O–H groups in total. The number of ether oxygens (including phenoxy) is 1. The summed E-state index contributed by atoms with van der Waals surface area (Å²) in [5, 5.41) is 2.90. The second kappa shape index (κ2) is 8.08. The summed E-state index contributed by atoms with van der Waals surface area (Å²) in [4.78, 5) is 16.4. The van der Waals surface area contributed by atoms with Crippen LogP contribution in [0.25, 0.3) is 0 Å². The zero-order chi connectivity index (χ0) is 18.5. The number of benzene rings is 2. The lowest BCUT2D eigenvalue weighted by molar-refractivity contribution is 0.194. The Labute approximate surface area is 153 Å². The minimum Gasteiger partial charge on any atom is -0.495 e. The van der Waals surface area contributed by atoms with Crippen LogP contribution in [0.1, 0.15) is 11.1 Å². The van der Waals surface area contributed by atoms with E-state index in [1.54, 1.807) is 19.2 Å². The largest absolute Gasteiger partial charge is 0.495 e. The number of carbonyl (C=O) groups is 1. The first-order chi connectivity index (χ1) is 12.6. The van der Waals surface area contributed by atoms with E-state index in [4.69, 9.17) is 4.74 Å². The molecule has 2 aromatic carbocycles. The lowest BCUT2D eigenvalue weighted by Gasteiger charge is -2.36. The van der Waals surface area contributed by atoms with Crippen LogP contribution in [-0.2, 0) is 6.54 Å². The van der Waals surface area contributed by atoms with Crippen LogP contribution in [0.2, 0.25) is 0 Å². The zero-order valence-corrected chi connectivity index (χ0v) is 15.2. The maximum Gasteiger partial charge on any atom is 0.317 e. The van der Waals surface area contributed by atoms with E-state index in [1.165, 1.54) is 17.7 Å². The van der Waals surface area contributed by atoms with E-state index in [-0.39, 0.29) is 11.8 Å². The molecule has 26 heavy (non-hydrogen) atoms. The fourth-order valence-electron chi connectivity index (χ4n) is 3.09. The minimum absolute atomic E-state index is 0.0924. The third kappa shape index (κ3) is 4.25. The van der Waals surface area contributed by atoms with Gasteiger partial charge in [-0.25, -0.2) is 9.18 Å². The molecular formula is C20H24FN3O2. The van der Waals surface area contributed by atoms with Gasteiger partial charge in [-0.1, -0.05) is 18.2 Å². The van der Waals surface area contributed by atoms with E-state index in [0.29, 0.717) is 19.6 Å². The van der Waals surface area contributed by atoms with Crippen LogP contribution in [0.4, 0.5) is 14.9 Å². The van der Waals surface area contributed by atoms with Crippen LogP contribution >= 0.6 is 0 Å². The lowest BCUT2D eigenvalue weighted by Crippen LogP contribution is -2.51. The predicted molar refractivity (Wildman–Crippen MR) is 100 cm³/mol. The van der Waals surface area contributed by atoms with Gasteiger partial charge in [0, 0.05) is 32.7 Å². The van der Waals surface area contributed by atoms with Crippen LogP contribution < -0.4 is 15.0 Å². The van der Waals surface area contributed by atoms with Gasteiger partial charge in [0.2, 0.25) is 0 Å². The van der Waals surface area contributed by atoms with E-state index in [9.17, 15) is 9.18 Å². The summed E-state index contributed by atoms with van der Waals surface area (Å²) in [6, 6.07) is 12.2. The molecule has 0 saturated carbocycles. The summed E-state index contributed by atoms with van der Waals surface area (Å²) >= 11 is 0. The number of piperazine rings is 1. The van der Waals surface area contributed by atoms with E-state index in [1.807, 2.05) is 17.0 Å². The predicted octanol–water partition coefficient (Wildman–Crippen LogP) is 3.17. The number of nitrogens with zero attached hydrogens (tertiary/aromatic N) is 2. The number of hydrogen-bond acceptors (Lipinski definition) is 3. The molecular weight excluding hydrogens is 333 g/mol. The lowest BCUT2D eigenvalue weighted by atomic mass is 10.1. The maximum absolute atomic E-state index is 12.9. The first-order valence-electron chi connectivity index (χ1n) is 8.73. The highest BCUT2D eigenvalue weighted by molar-refractivity contribution is 5.74. The molecule has 0 bridgehead atoms. The van der Waals surface area contributed by atoms with Gasteiger partial charge in [-0.15, -0.1) is 0 Å². The van der Waals surface area contributed by atoms with Crippen molar-refractivity contribution >= 4 is 11.7 Å². The fraction of sp³-hybridized carbons (Fsp3) is 0.350. The van der Waals surface area contributed by atoms with Gasteiger partial charge in [-0.3, -0.25) is 0 Å². The molecule has 0 aromatic heterocycles. The monoisotopic (exact) mass is 357 g/mol. The highest BCUT2D eigenvalue weighted by atomic mass is 19.1. The number of aryl methyl sites for hydroxylation is 1. The van der Waals surface area contributed by atoms with Crippen molar-refractivity contribution in [2.45, 2.75) is 13.5 Å². The van der Waals surface area contributed by atoms with Crippen molar-refractivity contribution in [3.63, 3.8) is 0 Å². The minimum atomic E-state index is -0.275. The van der Waals surface area contributed by atoms with Crippen LogP contribution in [0.15, 0.2) is 42.5 Å². The average molecular weight is 357 g/mol. The number of carbonyl (C=O) groups excluding carboxylic acids is 1. The summed E-state index contributed by atoms with van der Waals surface area (Å²) in [7, 11) is 1.67. The number of methoxy groups -OCH3 is 1. The molecule has 0 radical (unpaired) electrons. The normalized spacial score (nSPS) is 14.3. The Morgan fingerprint density at radius 3 is 2.46 bits per heavy atom. The van der Waals surface area contributed by atoms with Crippen LogP contribution in [0.3, 0.4) is 0 Å². The molecule has 0 spiro atoms. The summed E-state index contributed by atoms with van der Waals surface area (Å²) in [6.45, 7) is 5.25. The highest BCUT2D eigenvalue weighted by Gasteiger charge is 2.22. The molecule has 2 aromatic rings. The Bertz CT molecular complexity index is 756. The highest BCUT2D eigenvalue weighted by Crippen LogP contribution is 2.30. The van der Waals surface area contributed by atoms with Crippen LogP contribution in [-0.4, -0.2) is 44.2 Å². The zero-order valence-electron chi connectivity index (χ0n) is 15.2. The fourth-order valence-corrected chi connectivity index (χ4v) is 3.09. The van der Waals surface area contributed by atoms with E-state index in [2.05, 4.69) is 23.2 Å². The van der Waals surface area contributed by atoms with Crippen molar-refractivity contribution in [2.75, 3.05) is 38.2 Å². The first kappa shape index (κ1) is 18.0. The smallest absolute Gasteiger partial charge is 0.317 e. The SMILES string of the molecule is COc1ccc(C)cc1N1CCN(C(=O)NCc2ccc(F)cc2)CC1. The van der Waals surface area contributed by atoms with Crippen molar-refractivity contribution < 1.29 is 13.9 Å². The van der Waals surface area contributed by atoms with E-state index >= 15 is 0 Å². The van der Waals surface area contributed by atoms with Gasteiger partial charge < -0.3 is 19.9 Å². The van der Waals surface area contributed by atoms with Gasteiger partial charge in [-0.2, -0.15) is 0 Å². The number of amides is 2. The standard InChI is InChI=1S/C20H24FN3O2/c1-15-3-8-19(26-2)18(13-15)23-9-11-24(12-10-23)20(25)22-14-16-4-6-17(21)7-5-16/h3-8,13H,9-12,14H2,1-2H3,(H,22,25). The number of nitrogens with one attached hydrogen (secondary N) is 1. The third-order valence-corrected chi connectivity index (χ3v) is 4.60. The van der Waals surface area contributed by atoms with Crippen molar-refractivity contribution in [3.8, 4) is 5.75 Å². The quantitative estimate of drug-likeness (QED) is 0.914. The molecule has 1 aliphatic rings. The van der Waals surface area contributed by atoms with Gasteiger partial charge in [0.1, 0.15) is 11.6 Å². The Hall–Kier alpha value is -2.76. The first-order valence-corrected chi connectivity index (χ1v) is 8.73. The van der Waals surface area contributed by atoms with Gasteiger partial charge >= 0.3 is 6.03 Å². The Morgan fingerprint density at radius 1 is 1.12 bits per heavy atom. The molecule has 138 valence electrons. The summed E-state index contributed by atoms with van der Waals surface area (Å²) in [5.74, 6) is 0.576. The molecule has 0 aliphatic carbocycles. The van der Waals surface area contributed by atoms with Crippen molar-refractivity contribution in [3.05, 3.63) is 59.4 Å². The number of urea groups is 1. The molecule has 1 fully saturated rings. The van der Waals surface area contributed by atoms with Crippen molar-refractivity contribution in [2.24, 2.45) is 0 Å². The molecule has 1 heterocycles. The van der Waals surface area contributed by atoms with E-state index < -0.39 is 0 Å². The molecule has 0 unspecified atom stereocenters. The number of hydrogen-bond donors (Lipinski definition) is 1. The molecule has 3 rings (SSSR count). The molecule has 6 heteroatoms. The van der Waals surface area contributed by atoms with Crippen molar-refractivity contribution in [1.82, 2.24) is 10.2 Å². The summed E-state index contributed by atoms with van der Waals surface area (Å²) < 4.78 is 18.4. The third-order valence-electron chi connectivity index (χ3n) is 4.60. The summed E-state index contributed by atoms with van der Waals surface area (Å²) in [5.41, 5.74) is 3.13. The molecule has 2 amide bonds. The van der Waals surface area contributed by atoms with Crippen molar-refractivity contribution in [1.29, 1.82) is 0 Å². The molecule has 5 nitrogen and oxygen atoms in total. The van der Waals surface area contributed by atoms with Gasteiger partial charge in [0.05, 0.1) is 12.8 Å². The summed E-state index contributed by atoms with van der Waals surface area (Å²) in [6.07, 6.45) is 0. The molecule has 1 saturated heterocycles. The number of anilines is 1. The Morgan fingerprint density at radius 2 is 1.81 bits per heavy atom. The second-order valence-corrected chi connectivity index (χ2v) is 6.43. The van der Waals surface area contributed by atoms with Gasteiger partial charge in [0.15, 0.2) is 0 Å². The maximum atomic E-state index is 12.9. The molecule has 0 atom stereocenters. The topological polar surface area (TPSA) is 44.8 Å². The Balaban J connectivity index is 1.54. The number of halogens is 1. The second-order valence-electron chi connectivity index (χ2n) is 6.43. The van der Waals surface area contributed by atoms with Gasteiger partial charge in [0.25, 0.3) is 0 Å². The van der Waals surface area contributed by atoms with Gasteiger partial charge in [-0.05, 0) is 42.3 Å². The average Bonchev–Trinajstić information content (AvgIpc) is 2.67. The number of rotatable bonds is 4. The Kier molecular flexibility index (Phi) is 5.61. The van der Waals surface area contributed by atoms with Crippen LogP contribution in [0.5, 0.6) is 5.75 Å². The van der Waals surface area contributed by atoms with E-state index in [0.717, 1.165) is 30.1 Å². The molecule has 1 aliphatic heterocycles. The van der Waals surface area contributed by atoms with Crippen LogP contribution in [0, 0.1) is 12.7 Å².